The summed E-state index contributed by atoms with van der Waals surface area (Å²) in [6, 6.07) is 6.08. The van der Waals surface area contributed by atoms with Gasteiger partial charge in [-0.15, -0.1) is 11.3 Å². The molecule has 0 aliphatic heterocycles. The molecule has 1 atom stereocenters. The smallest absolute Gasteiger partial charge is 0.244 e. The van der Waals surface area contributed by atoms with Crippen LogP contribution in [0.4, 0.5) is 0 Å². The van der Waals surface area contributed by atoms with Crippen molar-refractivity contribution in [1.82, 2.24) is 5.32 Å². The Balaban J connectivity index is 1.85. The fraction of sp³-hybridized carbons (Fsp3) is 0.267. The molecule has 0 aliphatic carbocycles. The van der Waals surface area contributed by atoms with E-state index < -0.39 is 0 Å². The zero-order chi connectivity index (χ0) is 14.4. The molecule has 0 aliphatic rings. The fourth-order valence-electron chi connectivity index (χ4n) is 1.72. The van der Waals surface area contributed by atoms with E-state index in [4.69, 9.17) is 4.74 Å². The summed E-state index contributed by atoms with van der Waals surface area (Å²) in [6.45, 7) is 2.53. The number of carbonyl (C=O) groups is 1. The van der Waals surface area contributed by atoms with E-state index in [2.05, 4.69) is 18.3 Å². The Bertz CT molecular complexity index is 572. The van der Waals surface area contributed by atoms with Gasteiger partial charge in [0.25, 0.3) is 0 Å². The first-order chi connectivity index (χ1) is 9.69. The number of hydrogen-bond acceptors (Lipinski definition) is 4. The maximum absolute atomic E-state index is 11.7. The van der Waals surface area contributed by atoms with Crippen molar-refractivity contribution >= 4 is 34.7 Å². The predicted octanol–water partition coefficient (Wildman–Crippen LogP) is 3.64. The van der Waals surface area contributed by atoms with Gasteiger partial charge in [0.1, 0.15) is 6.10 Å². The van der Waals surface area contributed by atoms with Gasteiger partial charge in [-0.1, -0.05) is 0 Å². The second-order valence-corrected chi connectivity index (χ2v) is 6.41. The lowest BCUT2D eigenvalue weighted by Gasteiger charge is -2.13. The SMILES string of the molecule is COC(CNC(=O)C=Cc1ccsc1)c1ccc(C)s1. The summed E-state index contributed by atoms with van der Waals surface area (Å²) in [6.07, 6.45) is 3.27. The van der Waals surface area contributed by atoms with Gasteiger partial charge in [0.15, 0.2) is 0 Å². The number of rotatable bonds is 6. The summed E-state index contributed by atoms with van der Waals surface area (Å²) in [4.78, 5) is 14.1. The van der Waals surface area contributed by atoms with Crippen LogP contribution < -0.4 is 5.32 Å². The van der Waals surface area contributed by atoms with E-state index in [-0.39, 0.29) is 12.0 Å². The average Bonchev–Trinajstić information content (AvgIpc) is 3.09. The second-order valence-electron chi connectivity index (χ2n) is 4.31. The van der Waals surface area contributed by atoms with Crippen LogP contribution in [-0.4, -0.2) is 19.6 Å². The highest BCUT2D eigenvalue weighted by Gasteiger charge is 2.12. The molecule has 2 rings (SSSR count). The molecule has 1 unspecified atom stereocenters. The third kappa shape index (κ3) is 4.30. The van der Waals surface area contributed by atoms with E-state index in [1.54, 1.807) is 35.9 Å². The first-order valence-corrected chi connectivity index (χ1v) is 8.02. The van der Waals surface area contributed by atoms with E-state index >= 15 is 0 Å². The Hall–Kier alpha value is -1.43. The van der Waals surface area contributed by atoms with Gasteiger partial charge in [-0.05, 0) is 47.5 Å². The lowest BCUT2D eigenvalue weighted by Crippen LogP contribution is -2.27. The fourth-order valence-corrected chi connectivity index (χ4v) is 3.30. The highest BCUT2D eigenvalue weighted by Crippen LogP contribution is 2.24. The van der Waals surface area contributed by atoms with Crippen LogP contribution in [0.5, 0.6) is 0 Å². The van der Waals surface area contributed by atoms with E-state index in [1.807, 2.05) is 29.0 Å². The molecule has 0 saturated heterocycles. The first kappa shape index (κ1) is 15.0. The minimum atomic E-state index is -0.105. The Labute approximate surface area is 126 Å². The van der Waals surface area contributed by atoms with E-state index in [0.29, 0.717) is 6.54 Å². The quantitative estimate of drug-likeness (QED) is 0.828. The van der Waals surface area contributed by atoms with Crippen LogP contribution in [0.3, 0.4) is 0 Å². The zero-order valence-corrected chi connectivity index (χ0v) is 13.1. The lowest BCUT2D eigenvalue weighted by molar-refractivity contribution is -0.117. The third-order valence-corrected chi connectivity index (χ3v) is 4.59. The van der Waals surface area contributed by atoms with Crippen molar-refractivity contribution in [1.29, 1.82) is 0 Å². The van der Waals surface area contributed by atoms with Gasteiger partial charge in [0, 0.05) is 29.5 Å². The number of hydrogen-bond donors (Lipinski definition) is 1. The molecule has 0 fully saturated rings. The molecule has 106 valence electrons. The van der Waals surface area contributed by atoms with Crippen LogP contribution in [0.25, 0.3) is 6.08 Å². The van der Waals surface area contributed by atoms with Crippen molar-refractivity contribution in [2.24, 2.45) is 0 Å². The molecule has 5 heteroatoms. The monoisotopic (exact) mass is 307 g/mol. The van der Waals surface area contributed by atoms with Crippen molar-refractivity contribution in [2.75, 3.05) is 13.7 Å². The molecule has 2 heterocycles. The zero-order valence-electron chi connectivity index (χ0n) is 11.5. The van der Waals surface area contributed by atoms with E-state index in [9.17, 15) is 4.79 Å². The Kier molecular flexibility index (Phi) is 5.52. The van der Waals surface area contributed by atoms with Crippen molar-refractivity contribution in [2.45, 2.75) is 13.0 Å². The highest BCUT2D eigenvalue weighted by atomic mass is 32.1. The summed E-state index contributed by atoms with van der Waals surface area (Å²) in [5, 5.41) is 6.84. The van der Waals surface area contributed by atoms with E-state index in [1.165, 1.54) is 4.88 Å². The summed E-state index contributed by atoms with van der Waals surface area (Å²) >= 11 is 3.30. The number of ether oxygens (including phenoxy) is 1. The van der Waals surface area contributed by atoms with Gasteiger partial charge in [0.2, 0.25) is 5.91 Å². The van der Waals surface area contributed by atoms with Crippen molar-refractivity contribution < 1.29 is 9.53 Å². The van der Waals surface area contributed by atoms with Crippen LogP contribution in [0, 0.1) is 6.92 Å². The summed E-state index contributed by atoms with van der Waals surface area (Å²) in [5.74, 6) is -0.105. The van der Waals surface area contributed by atoms with Crippen molar-refractivity contribution in [3.8, 4) is 0 Å². The Morgan fingerprint density at radius 1 is 1.45 bits per heavy atom. The lowest BCUT2D eigenvalue weighted by atomic mass is 10.2. The molecule has 0 bridgehead atoms. The molecule has 1 N–H and O–H groups in total. The molecule has 0 aromatic carbocycles. The van der Waals surface area contributed by atoms with E-state index in [0.717, 1.165) is 10.4 Å². The van der Waals surface area contributed by atoms with Crippen molar-refractivity contribution in [3.05, 3.63) is 50.4 Å². The van der Waals surface area contributed by atoms with Gasteiger partial charge in [0.05, 0.1) is 0 Å². The Morgan fingerprint density at radius 2 is 2.30 bits per heavy atom. The van der Waals surface area contributed by atoms with Gasteiger partial charge >= 0.3 is 0 Å². The number of thiophene rings is 2. The molecule has 20 heavy (non-hydrogen) atoms. The number of carbonyl (C=O) groups excluding carboxylic acids is 1. The Morgan fingerprint density at radius 3 is 2.90 bits per heavy atom. The third-order valence-electron chi connectivity index (χ3n) is 2.80. The molecule has 0 saturated carbocycles. The van der Waals surface area contributed by atoms with Crippen molar-refractivity contribution in [3.63, 3.8) is 0 Å². The van der Waals surface area contributed by atoms with Crippen LogP contribution in [-0.2, 0) is 9.53 Å². The summed E-state index contributed by atoms with van der Waals surface area (Å²) in [5.41, 5.74) is 1.04. The van der Waals surface area contributed by atoms with Crippen LogP contribution >= 0.6 is 22.7 Å². The molecule has 2 aromatic heterocycles. The topological polar surface area (TPSA) is 38.3 Å². The molecule has 3 nitrogen and oxygen atoms in total. The summed E-state index contributed by atoms with van der Waals surface area (Å²) < 4.78 is 5.42. The normalized spacial score (nSPS) is 12.7. The minimum Gasteiger partial charge on any atom is -0.374 e. The molecular weight excluding hydrogens is 290 g/mol. The number of aryl methyl sites for hydroxylation is 1. The maximum atomic E-state index is 11.7. The molecule has 1 amide bonds. The van der Waals surface area contributed by atoms with Crippen LogP contribution in [0.15, 0.2) is 35.0 Å². The average molecular weight is 307 g/mol. The molecule has 0 spiro atoms. The number of nitrogens with one attached hydrogen (secondary N) is 1. The highest BCUT2D eigenvalue weighted by molar-refractivity contribution is 7.12. The largest absolute Gasteiger partial charge is 0.374 e. The van der Waals surface area contributed by atoms with Gasteiger partial charge in [-0.3, -0.25) is 4.79 Å². The predicted molar refractivity (Wildman–Crippen MR) is 85.2 cm³/mol. The molecule has 2 aromatic rings. The molecular formula is C15H17NO2S2. The number of methoxy groups -OCH3 is 1. The van der Waals surface area contributed by atoms with Gasteiger partial charge in [-0.25, -0.2) is 0 Å². The summed E-state index contributed by atoms with van der Waals surface area (Å²) in [7, 11) is 1.66. The van der Waals surface area contributed by atoms with Crippen LogP contribution in [0.1, 0.15) is 21.4 Å². The maximum Gasteiger partial charge on any atom is 0.244 e. The van der Waals surface area contributed by atoms with Crippen LogP contribution in [0.2, 0.25) is 0 Å². The molecule has 0 radical (unpaired) electrons. The van der Waals surface area contributed by atoms with Gasteiger partial charge < -0.3 is 10.1 Å². The van der Waals surface area contributed by atoms with Gasteiger partial charge in [-0.2, -0.15) is 11.3 Å². The first-order valence-electron chi connectivity index (χ1n) is 6.26. The number of amides is 1. The second kappa shape index (κ2) is 7.38. The standard InChI is InChI=1S/C15H17NO2S2/c1-11-3-5-14(20-11)13(18-2)9-16-15(17)6-4-12-7-8-19-10-12/h3-8,10,13H,9H2,1-2H3,(H,16,17). The minimum absolute atomic E-state index is 0.0906.